The Morgan fingerprint density at radius 2 is 1.96 bits per heavy atom. The molecule has 4 rings (SSSR count). The minimum Gasteiger partial charge on any atom is -0.495 e. The number of hydrogen-bond acceptors (Lipinski definition) is 4. The van der Waals surface area contributed by atoms with Crippen LogP contribution in [0.4, 0.5) is 5.69 Å². The average Bonchev–Trinajstić information content (AvgIpc) is 3.53. The number of carbonyl (C=O) groups is 1. The zero-order valence-electron chi connectivity index (χ0n) is 16.0. The normalized spacial score (nSPS) is 17.9. The van der Waals surface area contributed by atoms with E-state index in [1.807, 2.05) is 36.4 Å². The number of morpholine rings is 1. The van der Waals surface area contributed by atoms with E-state index in [0.717, 1.165) is 48.0 Å². The van der Waals surface area contributed by atoms with Crippen LogP contribution in [0.25, 0.3) is 0 Å². The van der Waals surface area contributed by atoms with E-state index in [9.17, 15) is 4.79 Å². The Hall–Kier alpha value is -2.24. The molecule has 148 valence electrons. The third-order valence-corrected chi connectivity index (χ3v) is 6.01. The summed E-state index contributed by atoms with van der Waals surface area (Å²) < 4.78 is 10.9. The highest BCUT2D eigenvalue weighted by Gasteiger charge is 2.45. The molecule has 5 nitrogen and oxygen atoms in total. The van der Waals surface area contributed by atoms with Gasteiger partial charge in [-0.05, 0) is 42.7 Å². The number of carbonyl (C=O) groups excluding carboxylic acids is 1. The highest BCUT2D eigenvalue weighted by Crippen LogP contribution is 2.49. The second-order valence-corrected chi connectivity index (χ2v) is 7.84. The Balaban J connectivity index is 1.48. The molecule has 0 bridgehead atoms. The van der Waals surface area contributed by atoms with Crippen molar-refractivity contribution in [3.05, 3.63) is 58.6 Å². The molecule has 2 aromatic rings. The van der Waals surface area contributed by atoms with Crippen LogP contribution in [0.2, 0.25) is 5.02 Å². The number of methoxy groups -OCH3 is 1. The lowest BCUT2D eigenvalue weighted by atomic mass is 9.95. The van der Waals surface area contributed by atoms with Gasteiger partial charge >= 0.3 is 0 Å². The van der Waals surface area contributed by atoms with E-state index >= 15 is 0 Å². The van der Waals surface area contributed by atoms with E-state index in [1.54, 1.807) is 7.11 Å². The van der Waals surface area contributed by atoms with Crippen molar-refractivity contribution >= 4 is 23.2 Å². The fourth-order valence-corrected chi connectivity index (χ4v) is 4.15. The van der Waals surface area contributed by atoms with Crippen molar-refractivity contribution in [2.24, 2.45) is 0 Å². The summed E-state index contributed by atoms with van der Waals surface area (Å²) in [5.74, 6) is 0.698. The Morgan fingerprint density at radius 3 is 2.64 bits per heavy atom. The molecular weight excluding hydrogens is 376 g/mol. The monoisotopic (exact) mass is 400 g/mol. The lowest BCUT2D eigenvalue weighted by Crippen LogP contribution is -2.37. The first-order valence-electron chi connectivity index (χ1n) is 9.67. The maximum Gasteiger partial charge on any atom is 0.251 e. The highest BCUT2D eigenvalue weighted by molar-refractivity contribution is 6.31. The van der Waals surface area contributed by atoms with Crippen molar-refractivity contribution in [3.8, 4) is 5.75 Å². The largest absolute Gasteiger partial charge is 0.495 e. The number of rotatable bonds is 6. The summed E-state index contributed by atoms with van der Waals surface area (Å²) in [5.41, 5.74) is 2.66. The maximum absolute atomic E-state index is 12.8. The fourth-order valence-electron chi connectivity index (χ4n) is 3.82. The van der Waals surface area contributed by atoms with Crippen molar-refractivity contribution in [2.75, 3.05) is 44.9 Å². The average molecular weight is 401 g/mol. The molecular formula is C22H25ClN2O3. The van der Waals surface area contributed by atoms with E-state index in [-0.39, 0.29) is 11.3 Å². The van der Waals surface area contributed by atoms with E-state index in [1.165, 1.54) is 0 Å². The van der Waals surface area contributed by atoms with Crippen LogP contribution >= 0.6 is 11.6 Å². The minimum atomic E-state index is -0.0736. The molecule has 6 heteroatoms. The first-order valence-corrected chi connectivity index (χ1v) is 10.0. The quantitative estimate of drug-likeness (QED) is 0.804. The molecule has 28 heavy (non-hydrogen) atoms. The smallest absolute Gasteiger partial charge is 0.251 e. The number of hydrogen-bond donors (Lipinski definition) is 1. The molecule has 0 radical (unpaired) electrons. The third kappa shape index (κ3) is 3.82. The Morgan fingerprint density at radius 1 is 1.21 bits per heavy atom. The molecule has 1 saturated carbocycles. The zero-order valence-corrected chi connectivity index (χ0v) is 16.8. The zero-order chi connectivity index (χ0) is 19.6. The SMILES string of the molecule is COc1ccc(C(=O)NCC2(c3ccccc3Cl)CC2)cc1N1CCOCC1. The van der Waals surface area contributed by atoms with Crippen LogP contribution in [0.3, 0.4) is 0 Å². The number of benzene rings is 2. The Bertz CT molecular complexity index is 861. The van der Waals surface area contributed by atoms with Gasteiger partial charge in [-0.25, -0.2) is 0 Å². The van der Waals surface area contributed by atoms with Gasteiger partial charge < -0.3 is 19.7 Å². The number of amides is 1. The molecule has 1 N–H and O–H groups in total. The van der Waals surface area contributed by atoms with E-state index in [2.05, 4.69) is 16.3 Å². The summed E-state index contributed by atoms with van der Waals surface area (Å²) in [5, 5.41) is 3.89. The van der Waals surface area contributed by atoms with Crippen LogP contribution in [0, 0.1) is 0 Å². The lowest BCUT2D eigenvalue weighted by Gasteiger charge is -2.30. The maximum atomic E-state index is 12.8. The standard InChI is InChI=1S/C22H25ClN2O3/c1-27-20-7-6-16(14-19(20)25-10-12-28-13-11-25)21(26)24-15-22(8-9-22)17-4-2-3-5-18(17)23/h2-7,14H,8-13,15H2,1H3,(H,24,26). The molecule has 0 aromatic heterocycles. The van der Waals surface area contributed by atoms with Crippen LogP contribution in [-0.2, 0) is 10.2 Å². The van der Waals surface area contributed by atoms with Crippen LogP contribution in [0.5, 0.6) is 5.75 Å². The van der Waals surface area contributed by atoms with Gasteiger partial charge in [0.05, 0.1) is 26.0 Å². The van der Waals surface area contributed by atoms with Gasteiger partial charge in [0, 0.05) is 35.6 Å². The van der Waals surface area contributed by atoms with Crippen molar-refractivity contribution < 1.29 is 14.3 Å². The van der Waals surface area contributed by atoms with Crippen LogP contribution in [0.15, 0.2) is 42.5 Å². The van der Waals surface area contributed by atoms with E-state index in [4.69, 9.17) is 21.1 Å². The molecule has 1 amide bonds. The highest BCUT2D eigenvalue weighted by atomic mass is 35.5. The number of halogens is 1. The van der Waals surface area contributed by atoms with Gasteiger partial charge in [0.25, 0.3) is 5.91 Å². The predicted octanol–water partition coefficient (Wildman–Crippen LogP) is 3.65. The molecule has 1 aliphatic carbocycles. The van der Waals surface area contributed by atoms with Gasteiger partial charge in [-0.3, -0.25) is 4.79 Å². The summed E-state index contributed by atoms with van der Waals surface area (Å²) in [7, 11) is 1.65. The fraction of sp³-hybridized carbons (Fsp3) is 0.409. The van der Waals surface area contributed by atoms with Gasteiger partial charge in [-0.2, -0.15) is 0 Å². The molecule has 0 atom stereocenters. The molecule has 0 spiro atoms. The van der Waals surface area contributed by atoms with Crippen LogP contribution in [-0.4, -0.2) is 45.9 Å². The number of anilines is 1. The molecule has 2 aliphatic rings. The topological polar surface area (TPSA) is 50.8 Å². The third-order valence-electron chi connectivity index (χ3n) is 5.68. The first-order chi connectivity index (χ1) is 13.6. The predicted molar refractivity (Wildman–Crippen MR) is 111 cm³/mol. The molecule has 2 aromatic carbocycles. The molecule has 1 aliphatic heterocycles. The van der Waals surface area contributed by atoms with Crippen LogP contribution in [0.1, 0.15) is 28.8 Å². The second-order valence-electron chi connectivity index (χ2n) is 7.43. The minimum absolute atomic E-state index is 0.0342. The summed E-state index contributed by atoms with van der Waals surface area (Å²) >= 11 is 6.38. The van der Waals surface area contributed by atoms with Crippen molar-refractivity contribution in [1.29, 1.82) is 0 Å². The van der Waals surface area contributed by atoms with E-state index < -0.39 is 0 Å². The van der Waals surface area contributed by atoms with Gasteiger partial charge in [0.1, 0.15) is 5.75 Å². The van der Waals surface area contributed by atoms with Gasteiger partial charge in [-0.15, -0.1) is 0 Å². The number of ether oxygens (including phenoxy) is 2. The van der Waals surface area contributed by atoms with Gasteiger partial charge in [0.15, 0.2) is 0 Å². The summed E-state index contributed by atoms with van der Waals surface area (Å²) in [6.07, 6.45) is 2.08. The lowest BCUT2D eigenvalue weighted by molar-refractivity contribution is 0.0949. The van der Waals surface area contributed by atoms with Crippen LogP contribution < -0.4 is 15.0 Å². The summed E-state index contributed by atoms with van der Waals surface area (Å²) in [6, 6.07) is 13.5. The van der Waals surface area contributed by atoms with E-state index in [0.29, 0.717) is 25.3 Å². The molecule has 1 saturated heterocycles. The molecule has 0 unspecified atom stereocenters. The summed E-state index contributed by atoms with van der Waals surface area (Å²) in [4.78, 5) is 15.0. The van der Waals surface area contributed by atoms with Gasteiger partial charge in [0.2, 0.25) is 0 Å². The number of nitrogens with one attached hydrogen (secondary N) is 1. The molecule has 2 fully saturated rings. The van der Waals surface area contributed by atoms with Gasteiger partial charge in [-0.1, -0.05) is 29.8 Å². The van der Waals surface area contributed by atoms with Crippen molar-refractivity contribution in [3.63, 3.8) is 0 Å². The Labute approximate surface area is 170 Å². The summed E-state index contributed by atoms with van der Waals surface area (Å²) in [6.45, 7) is 3.53. The molecule has 1 heterocycles. The van der Waals surface area contributed by atoms with Crippen molar-refractivity contribution in [1.82, 2.24) is 5.32 Å². The number of nitrogens with zero attached hydrogens (tertiary/aromatic N) is 1. The van der Waals surface area contributed by atoms with Crippen molar-refractivity contribution in [2.45, 2.75) is 18.3 Å². The Kier molecular flexibility index (Phi) is 5.47. The first kappa shape index (κ1) is 19.1. The second kappa shape index (κ2) is 8.02.